The van der Waals surface area contributed by atoms with Gasteiger partial charge in [-0.05, 0) is 68.3 Å². The Morgan fingerprint density at radius 3 is 2.63 bits per heavy atom. The molecule has 206 valence electrons. The zero-order chi connectivity index (χ0) is 28.6. The molecule has 2 N–H and O–H groups in total. The fourth-order valence-corrected chi connectivity index (χ4v) is 4.57. The van der Waals surface area contributed by atoms with E-state index in [0.29, 0.717) is 36.1 Å². The van der Waals surface area contributed by atoms with Crippen LogP contribution >= 0.6 is 0 Å². The number of hydrogen-bond donors (Lipinski definition) is 2. The summed E-state index contributed by atoms with van der Waals surface area (Å²) in [5, 5.41) is 18.2. The fraction of sp³-hybridized carbons (Fsp3) is 0.207. The minimum Gasteiger partial charge on any atom is -0.443 e. The normalized spacial score (nSPS) is 12.7. The van der Waals surface area contributed by atoms with Crippen molar-refractivity contribution in [1.82, 2.24) is 35.3 Å². The Balaban J connectivity index is 1.28. The molecule has 2 aromatic carbocycles. The first-order chi connectivity index (χ1) is 19.7. The molecule has 12 nitrogen and oxygen atoms in total. The smallest absolute Gasteiger partial charge is 0.420 e. The highest BCUT2D eigenvalue weighted by atomic mass is 16.6. The lowest BCUT2D eigenvalue weighted by atomic mass is 10.1. The van der Waals surface area contributed by atoms with E-state index in [2.05, 4.69) is 30.7 Å². The number of urea groups is 1. The Morgan fingerprint density at radius 1 is 0.976 bits per heavy atom. The van der Waals surface area contributed by atoms with Crippen molar-refractivity contribution in [1.29, 1.82) is 0 Å². The first kappa shape index (κ1) is 25.9. The summed E-state index contributed by atoms with van der Waals surface area (Å²) < 4.78 is 5.74. The number of benzene rings is 2. The molecule has 41 heavy (non-hydrogen) atoms. The van der Waals surface area contributed by atoms with E-state index in [-0.39, 0.29) is 6.03 Å². The zero-order valence-corrected chi connectivity index (χ0v) is 22.7. The van der Waals surface area contributed by atoms with Gasteiger partial charge in [0, 0.05) is 30.2 Å². The maximum atomic E-state index is 13.4. The van der Waals surface area contributed by atoms with Crippen LogP contribution in [-0.4, -0.2) is 53.0 Å². The van der Waals surface area contributed by atoms with Crippen LogP contribution in [0.5, 0.6) is 0 Å². The van der Waals surface area contributed by atoms with Crippen LogP contribution in [0, 0.1) is 0 Å². The summed E-state index contributed by atoms with van der Waals surface area (Å²) in [5.74, 6) is 0.800. The highest BCUT2D eigenvalue weighted by molar-refractivity contribution is 5.97. The number of carbonyl (C=O) groups excluding carboxylic acids is 2. The first-order valence-electron chi connectivity index (χ1n) is 13.0. The number of aromatic amines is 1. The number of nitrogens with zero attached hydrogens (tertiary/aromatic N) is 7. The molecule has 0 aliphatic carbocycles. The monoisotopic (exact) mass is 549 g/mol. The molecule has 0 bridgehead atoms. The SMILES string of the molecule is CC(C)(C)OC(=O)N(c1ccc2[nH]ncc2c1)c1ccnc(-c2ccc3c(c2)CN(C(=O)Nc2ccnnc2)C3)n1. The largest absolute Gasteiger partial charge is 0.443 e. The van der Waals surface area contributed by atoms with Gasteiger partial charge in [0.15, 0.2) is 5.82 Å². The molecular weight excluding hydrogens is 522 g/mol. The molecule has 5 aromatic rings. The zero-order valence-electron chi connectivity index (χ0n) is 22.7. The van der Waals surface area contributed by atoms with Crippen molar-refractivity contribution >= 4 is 40.2 Å². The third-order valence-corrected chi connectivity index (χ3v) is 6.44. The lowest BCUT2D eigenvalue weighted by Crippen LogP contribution is -2.34. The van der Waals surface area contributed by atoms with Gasteiger partial charge in [0.2, 0.25) is 0 Å². The van der Waals surface area contributed by atoms with Crippen molar-refractivity contribution in [3.8, 4) is 11.4 Å². The minimum atomic E-state index is -0.711. The molecular formula is C29H27N9O3. The van der Waals surface area contributed by atoms with Gasteiger partial charge in [-0.3, -0.25) is 5.10 Å². The fourth-order valence-electron chi connectivity index (χ4n) is 4.57. The lowest BCUT2D eigenvalue weighted by molar-refractivity contribution is 0.0598. The molecule has 0 atom stereocenters. The van der Waals surface area contributed by atoms with Gasteiger partial charge >= 0.3 is 12.1 Å². The van der Waals surface area contributed by atoms with Gasteiger partial charge < -0.3 is 15.0 Å². The predicted molar refractivity (Wildman–Crippen MR) is 152 cm³/mol. The Morgan fingerprint density at radius 2 is 1.83 bits per heavy atom. The van der Waals surface area contributed by atoms with Crippen molar-refractivity contribution in [3.63, 3.8) is 0 Å². The second-order valence-electron chi connectivity index (χ2n) is 10.6. The molecule has 12 heteroatoms. The standard InChI is InChI=1S/C29H27N9O3/c1-29(2,3)41-28(40)38(23-6-7-24-20(13-23)14-33-36-24)25-9-10-30-26(35-25)18-4-5-19-16-37(17-21(19)12-18)27(39)34-22-8-11-31-32-15-22/h4-15H,16-17H2,1-3H3,(H,33,36)(H,31,34,39). The van der Waals surface area contributed by atoms with Gasteiger partial charge in [-0.25, -0.2) is 24.5 Å². The topological polar surface area (TPSA) is 142 Å². The molecule has 4 heterocycles. The van der Waals surface area contributed by atoms with Gasteiger partial charge in [0.1, 0.15) is 11.4 Å². The number of ether oxygens (including phenoxy) is 1. The average Bonchev–Trinajstić information content (AvgIpc) is 3.59. The molecule has 1 aliphatic heterocycles. The van der Waals surface area contributed by atoms with Crippen LogP contribution in [0.4, 0.5) is 26.8 Å². The number of H-pyrrole nitrogens is 1. The Hall–Kier alpha value is -5.39. The number of nitrogens with one attached hydrogen (secondary N) is 2. The Kier molecular flexibility index (Phi) is 6.50. The quantitative estimate of drug-likeness (QED) is 0.302. The second kappa shape index (κ2) is 10.3. The van der Waals surface area contributed by atoms with Gasteiger partial charge in [-0.15, -0.1) is 0 Å². The van der Waals surface area contributed by atoms with Gasteiger partial charge in [0.05, 0.1) is 35.5 Å². The number of rotatable bonds is 4. The summed E-state index contributed by atoms with van der Waals surface area (Å²) in [4.78, 5) is 38.6. The van der Waals surface area contributed by atoms with E-state index in [0.717, 1.165) is 27.6 Å². The Bertz CT molecular complexity index is 1750. The van der Waals surface area contributed by atoms with Crippen LogP contribution in [-0.2, 0) is 17.8 Å². The third kappa shape index (κ3) is 5.53. The number of carbonyl (C=O) groups is 2. The molecule has 0 fully saturated rings. The van der Waals surface area contributed by atoms with Crippen LogP contribution in [0.15, 0.2) is 73.3 Å². The second-order valence-corrected chi connectivity index (χ2v) is 10.6. The molecule has 1 aliphatic rings. The van der Waals surface area contributed by atoms with Crippen molar-refractivity contribution in [2.75, 3.05) is 10.2 Å². The van der Waals surface area contributed by atoms with Gasteiger partial charge in [-0.1, -0.05) is 12.1 Å². The highest BCUT2D eigenvalue weighted by Gasteiger charge is 2.28. The summed E-state index contributed by atoms with van der Waals surface area (Å²) in [6.45, 7) is 6.35. The third-order valence-electron chi connectivity index (χ3n) is 6.44. The molecule has 0 spiro atoms. The molecule has 0 unspecified atom stereocenters. The van der Waals surface area contributed by atoms with E-state index < -0.39 is 11.7 Å². The number of aromatic nitrogens is 6. The van der Waals surface area contributed by atoms with Crippen molar-refractivity contribution in [2.45, 2.75) is 39.5 Å². The van der Waals surface area contributed by atoms with Crippen LogP contribution in [0.3, 0.4) is 0 Å². The molecule has 0 saturated carbocycles. The lowest BCUT2D eigenvalue weighted by Gasteiger charge is -2.27. The first-order valence-corrected chi connectivity index (χ1v) is 13.0. The van der Waals surface area contributed by atoms with Crippen molar-refractivity contribution < 1.29 is 14.3 Å². The molecule has 3 amide bonds. The van der Waals surface area contributed by atoms with Crippen molar-refractivity contribution in [3.05, 3.63) is 84.4 Å². The van der Waals surface area contributed by atoms with Crippen LogP contribution in [0.1, 0.15) is 31.9 Å². The number of anilines is 3. The van der Waals surface area contributed by atoms with Gasteiger partial charge in [0.25, 0.3) is 0 Å². The summed E-state index contributed by atoms with van der Waals surface area (Å²) in [6.07, 6.45) is 5.76. The molecule has 0 saturated heterocycles. The maximum absolute atomic E-state index is 13.4. The van der Waals surface area contributed by atoms with E-state index in [1.54, 1.807) is 29.4 Å². The minimum absolute atomic E-state index is 0.225. The number of hydrogen-bond acceptors (Lipinski definition) is 8. The predicted octanol–water partition coefficient (Wildman–Crippen LogP) is 5.43. The van der Waals surface area contributed by atoms with Crippen LogP contribution < -0.4 is 10.2 Å². The number of fused-ring (bicyclic) bond motifs is 2. The summed E-state index contributed by atoms with van der Waals surface area (Å²) in [7, 11) is 0. The Labute approximate surface area is 235 Å². The highest BCUT2D eigenvalue weighted by Crippen LogP contribution is 2.32. The van der Waals surface area contributed by atoms with E-state index >= 15 is 0 Å². The van der Waals surface area contributed by atoms with E-state index in [1.165, 1.54) is 17.3 Å². The van der Waals surface area contributed by atoms with Crippen LogP contribution in [0.2, 0.25) is 0 Å². The molecule has 6 rings (SSSR count). The summed E-state index contributed by atoms with van der Waals surface area (Å²) in [5.41, 5.74) is 4.09. The van der Waals surface area contributed by atoms with Gasteiger partial charge in [-0.2, -0.15) is 15.3 Å². The molecule has 0 radical (unpaired) electrons. The van der Waals surface area contributed by atoms with E-state index in [9.17, 15) is 9.59 Å². The molecule has 3 aromatic heterocycles. The van der Waals surface area contributed by atoms with Crippen molar-refractivity contribution in [2.24, 2.45) is 0 Å². The van der Waals surface area contributed by atoms with E-state index in [1.807, 2.05) is 57.2 Å². The summed E-state index contributed by atoms with van der Waals surface area (Å²) >= 11 is 0. The summed E-state index contributed by atoms with van der Waals surface area (Å²) in [6, 6.07) is 14.5. The number of amides is 3. The van der Waals surface area contributed by atoms with Crippen LogP contribution in [0.25, 0.3) is 22.3 Å². The van der Waals surface area contributed by atoms with E-state index in [4.69, 9.17) is 9.72 Å². The average molecular weight is 550 g/mol. The maximum Gasteiger partial charge on any atom is 0.420 e.